The van der Waals surface area contributed by atoms with Crippen LogP contribution in [0.3, 0.4) is 0 Å². The van der Waals surface area contributed by atoms with Crippen LogP contribution in [0.1, 0.15) is 25.3 Å². The van der Waals surface area contributed by atoms with Gasteiger partial charge in [0, 0.05) is 5.02 Å². The molecule has 0 N–H and O–H groups in total. The summed E-state index contributed by atoms with van der Waals surface area (Å²) in [4.78, 5) is 0. The molecule has 0 saturated carbocycles. The number of halogens is 4. The van der Waals surface area contributed by atoms with Gasteiger partial charge in [0.05, 0.1) is 0 Å². The Kier molecular flexibility index (Phi) is 3.50. The maximum absolute atomic E-state index is 11.9. The van der Waals surface area contributed by atoms with Crippen LogP contribution in [-0.4, -0.2) is 6.36 Å². The Labute approximate surface area is 90.8 Å². The van der Waals surface area contributed by atoms with Gasteiger partial charge in [0.15, 0.2) is 0 Å². The number of rotatable bonds is 2. The maximum Gasteiger partial charge on any atom is 0.573 e. The second-order valence-electron chi connectivity index (χ2n) is 3.42. The van der Waals surface area contributed by atoms with E-state index in [1.54, 1.807) is 6.07 Å². The van der Waals surface area contributed by atoms with E-state index in [0.717, 1.165) is 6.07 Å². The molecule has 0 saturated heterocycles. The third kappa shape index (κ3) is 4.00. The van der Waals surface area contributed by atoms with Gasteiger partial charge in [-0.3, -0.25) is 0 Å². The standard InChI is InChI=1S/C10H10ClF3O/c1-6(2)7-3-8(11)5-9(4-7)15-10(12,13)14/h3-6H,1-2H3. The zero-order chi connectivity index (χ0) is 11.6. The highest BCUT2D eigenvalue weighted by atomic mass is 35.5. The lowest BCUT2D eigenvalue weighted by Crippen LogP contribution is -2.17. The van der Waals surface area contributed by atoms with E-state index in [9.17, 15) is 13.2 Å². The first-order valence-electron chi connectivity index (χ1n) is 4.34. The van der Waals surface area contributed by atoms with Gasteiger partial charge in [-0.15, -0.1) is 13.2 Å². The van der Waals surface area contributed by atoms with Gasteiger partial charge in [0.1, 0.15) is 5.75 Å². The highest BCUT2D eigenvalue weighted by molar-refractivity contribution is 6.30. The summed E-state index contributed by atoms with van der Waals surface area (Å²) in [6, 6.07) is 4.10. The lowest BCUT2D eigenvalue weighted by atomic mass is 10.0. The average Bonchev–Trinajstić information content (AvgIpc) is 1.99. The van der Waals surface area contributed by atoms with E-state index in [2.05, 4.69) is 4.74 Å². The van der Waals surface area contributed by atoms with Crippen molar-refractivity contribution < 1.29 is 17.9 Å². The van der Waals surface area contributed by atoms with E-state index in [4.69, 9.17) is 11.6 Å². The summed E-state index contributed by atoms with van der Waals surface area (Å²) >= 11 is 5.68. The van der Waals surface area contributed by atoms with E-state index in [1.807, 2.05) is 13.8 Å². The highest BCUT2D eigenvalue weighted by Crippen LogP contribution is 2.29. The first-order valence-corrected chi connectivity index (χ1v) is 4.72. The van der Waals surface area contributed by atoms with Crippen LogP contribution in [0.2, 0.25) is 5.02 Å². The molecular weight excluding hydrogens is 229 g/mol. The summed E-state index contributed by atoms with van der Waals surface area (Å²) in [6.45, 7) is 3.73. The van der Waals surface area contributed by atoms with Crippen molar-refractivity contribution in [2.24, 2.45) is 0 Å². The Morgan fingerprint density at radius 2 is 1.80 bits per heavy atom. The van der Waals surface area contributed by atoms with Crippen LogP contribution in [0.25, 0.3) is 0 Å². The molecule has 0 aromatic heterocycles. The van der Waals surface area contributed by atoms with Gasteiger partial charge in [0.2, 0.25) is 0 Å². The van der Waals surface area contributed by atoms with Crippen molar-refractivity contribution in [3.63, 3.8) is 0 Å². The van der Waals surface area contributed by atoms with Crippen molar-refractivity contribution in [1.82, 2.24) is 0 Å². The molecule has 0 spiro atoms. The molecule has 5 heteroatoms. The van der Waals surface area contributed by atoms with Crippen LogP contribution >= 0.6 is 11.6 Å². The van der Waals surface area contributed by atoms with E-state index in [0.29, 0.717) is 5.56 Å². The summed E-state index contributed by atoms with van der Waals surface area (Å²) in [6.07, 6.45) is -4.68. The maximum atomic E-state index is 11.9. The topological polar surface area (TPSA) is 9.23 Å². The quantitative estimate of drug-likeness (QED) is 0.744. The van der Waals surface area contributed by atoms with E-state index in [1.165, 1.54) is 6.07 Å². The Morgan fingerprint density at radius 3 is 2.27 bits per heavy atom. The Balaban J connectivity index is 2.99. The monoisotopic (exact) mass is 238 g/mol. The van der Waals surface area contributed by atoms with Crippen molar-refractivity contribution in [3.05, 3.63) is 28.8 Å². The van der Waals surface area contributed by atoms with Gasteiger partial charge in [0.25, 0.3) is 0 Å². The summed E-state index contributed by atoms with van der Waals surface area (Å²) in [5.41, 5.74) is 0.710. The smallest absolute Gasteiger partial charge is 0.406 e. The fourth-order valence-corrected chi connectivity index (χ4v) is 1.34. The van der Waals surface area contributed by atoms with Crippen molar-refractivity contribution in [1.29, 1.82) is 0 Å². The molecule has 0 aliphatic carbocycles. The molecule has 1 nitrogen and oxygen atoms in total. The Morgan fingerprint density at radius 1 is 1.20 bits per heavy atom. The second kappa shape index (κ2) is 4.31. The van der Waals surface area contributed by atoms with Crippen LogP contribution in [0.4, 0.5) is 13.2 Å². The van der Waals surface area contributed by atoms with E-state index >= 15 is 0 Å². The van der Waals surface area contributed by atoms with Gasteiger partial charge in [-0.1, -0.05) is 25.4 Å². The number of alkyl halides is 3. The van der Waals surface area contributed by atoms with Crippen LogP contribution in [-0.2, 0) is 0 Å². The second-order valence-corrected chi connectivity index (χ2v) is 3.86. The van der Waals surface area contributed by atoms with Gasteiger partial charge in [-0.05, 0) is 29.7 Å². The largest absolute Gasteiger partial charge is 0.573 e. The summed E-state index contributed by atoms with van der Waals surface area (Å²) in [7, 11) is 0. The van der Waals surface area contributed by atoms with E-state index < -0.39 is 6.36 Å². The number of benzene rings is 1. The highest BCUT2D eigenvalue weighted by Gasteiger charge is 2.31. The van der Waals surface area contributed by atoms with Gasteiger partial charge in [-0.2, -0.15) is 0 Å². The lowest BCUT2D eigenvalue weighted by Gasteiger charge is -2.12. The molecular formula is C10H10ClF3O. The zero-order valence-electron chi connectivity index (χ0n) is 8.23. The average molecular weight is 239 g/mol. The molecule has 0 amide bonds. The molecule has 1 aromatic rings. The molecule has 15 heavy (non-hydrogen) atoms. The molecule has 0 heterocycles. The minimum Gasteiger partial charge on any atom is -0.406 e. The minimum atomic E-state index is -4.68. The number of ether oxygens (including phenoxy) is 1. The van der Waals surface area contributed by atoms with Crippen LogP contribution in [0.15, 0.2) is 18.2 Å². The van der Waals surface area contributed by atoms with Crippen molar-refractivity contribution in [2.45, 2.75) is 26.1 Å². The molecule has 84 valence electrons. The Hall–Kier alpha value is -0.900. The predicted octanol–water partition coefficient (Wildman–Crippen LogP) is 4.36. The van der Waals surface area contributed by atoms with Gasteiger partial charge >= 0.3 is 6.36 Å². The van der Waals surface area contributed by atoms with E-state index in [-0.39, 0.29) is 16.7 Å². The van der Waals surface area contributed by atoms with Crippen molar-refractivity contribution in [3.8, 4) is 5.75 Å². The minimum absolute atomic E-state index is 0.0966. The fraction of sp³-hybridized carbons (Fsp3) is 0.400. The molecule has 0 fully saturated rings. The third-order valence-corrected chi connectivity index (χ3v) is 2.01. The van der Waals surface area contributed by atoms with Crippen molar-refractivity contribution in [2.75, 3.05) is 0 Å². The first kappa shape index (κ1) is 12.2. The van der Waals surface area contributed by atoms with Crippen molar-refractivity contribution >= 4 is 11.6 Å². The summed E-state index contributed by atoms with van der Waals surface area (Å²) in [5.74, 6) is -0.182. The molecule has 1 aromatic carbocycles. The molecule has 0 aliphatic heterocycles. The molecule has 0 radical (unpaired) electrons. The third-order valence-electron chi connectivity index (χ3n) is 1.79. The van der Waals surface area contributed by atoms with Crippen LogP contribution in [0.5, 0.6) is 5.75 Å². The first-order chi connectivity index (χ1) is 6.78. The summed E-state index contributed by atoms with van der Waals surface area (Å²) < 4.78 is 39.6. The molecule has 0 unspecified atom stereocenters. The van der Waals surface area contributed by atoms with Gasteiger partial charge < -0.3 is 4.74 Å². The molecule has 0 bridgehead atoms. The SMILES string of the molecule is CC(C)c1cc(Cl)cc(OC(F)(F)F)c1. The summed E-state index contributed by atoms with van der Waals surface area (Å²) in [5, 5.41) is 0.237. The number of hydrogen-bond donors (Lipinski definition) is 0. The van der Waals surface area contributed by atoms with Gasteiger partial charge in [-0.25, -0.2) is 0 Å². The van der Waals surface area contributed by atoms with Crippen LogP contribution < -0.4 is 4.74 Å². The predicted molar refractivity (Wildman–Crippen MR) is 52.2 cm³/mol. The molecule has 1 rings (SSSR count). The Bertz CT molecular complexity index is 347. The lowest BCUT2D eigenvalue weighted by molar-refractivity contribution is -0.274. The molecule has 0 aliphatic rings. The number of hydrogen-bond acceptors (Lipinski definition) is 1. The fourth-order valence-electron chi connectivity index (χ4n) is 1.11. The normalized spacial score (nSPS) is 11.9. The van der Waals surface area contributed by atoms with Crippen LogP contribution in [0, 0.1) is 0 Å². The zero-order valence-corrected chi connectivity index (χ0v) is 8.99. The molecule has 0 atom stereocenters.